The number of hydrogen-bond acceptors (Lipinski definition) is 4. The molecule has 1 aliphatic heterocycles. The summed E-state index contributed by atoms with van der Waals surface area (Å²) in [5.74, 6) is 1.06. The summed E-state index contributed by atoms with van der Waals surface area (Å²) in [4.78, 5) is 23.1. The Morgan fingerprint density at radius 2 is 1.82 bits per heavy atom. The van der Waals surface area contributed by atoms with E-state index >= 15 is 0 Å². The Hall–Kier alpha value is -2.53. The topological polar surface area (TPSA) is 55.4 Å². The highest BCUT2D eigenvalue weighted by Crippen LogP contribution is 2.28. The van der Waals surface area contributed by atoms with Gasteiger partial charge in [-0.05, 0) is 54.6 Å². The number of hydrogen-bond donors (Lipinski definition) is 1. The van der Waals surface area contributed by atoms with Gasteiger partial charge in [0.25, 0.3) is 11.1 Å². The molecule has 22 heavy (non-hydrogen) atoms. The van der Waals surface area contributed by atoms with Crippen molar-refractivity contribution < 1.29 is 14.3 Å². The fourth-order valence-electron chi connectivity index (χ4n) is 1.98. The predicted octanol–water partition coefficient (Wildman–Crippen LogP) is 4.11. The molecule has 0 saturated carbocycles. The van der Waals surface area contributed by atoms with Crippen LogP contribution in [0.15, 0.2) is 53.4 Å². The lowest BCUT2D eigenvalue weighted by Gasteiger charge is -2.06. The van der Waals surface area contributed by atoms with Crippen LogP contribution in [0.2, 0.25) is 0 Å². The number of imide groups is 1. The molecular formula is C17H13NO3S. The van der Waals surface area contributed by atoms with Gasteiger partial charge in [-0.15, -0.1) is 0 Å². The van der Waals surface area contributed by atoms with Crippen molar-refractivity contribution in [3.05, 3.63) is 64.6 Å². The van der Waals surface area contributed by atoms with Gasteiger partial charge in [0.1, 0.15) is 11.5 Å². The minimum atomic E-state index is -0.361. The molecule has 0 unspecified atom stereocenters. The van der Waals surface area contributed by atoms with Crippen LogP contribution in [0, 0.1) is 6.92 Å². The molecule has 1 heterocycles. The zero-order valence-corrected chi connectivity index (χ0v) is 12.6. The Labute approximate surface area is 132 Å². The average Bonchev–Trinajstić information content (AvgIpc) is 2.80. The molecule has 1 aliphatic rings. The molecule has 110 valence electrons. The Bertz CT molecular complexity index is 766. The third-order valence-electron chi connectivity index (χ3n) is 3.05. The summed E-state index contributed by atoms with van der Waals surface area (Å²) in [6.45, 7) is 2.02. The molecule has 0 radical (unpaired) electrons. The quantitative estimate of drug-likeness (QED) is 0.867. The second-order valence-corrected chi connectivity index (χ2v) is 5.85. The third kappa shape index (κ3) is 3.38. The van der Waals surface area contributed by atoms with E-state index in [1.807, 2.05) is 55.5 Å². The van der Waals surface area contributed by atoms with Crippen LogP contribution in [-0.4, -0.2) is 11.1 Å². The lowest BCUT2D eigenvalue weighted by Crippen LogP contribution is -2.17. The fourth-order valence-corrected chi connectivity index (χ4v) is 2.66. The van der Waals surface area contributed by atoms with Gasteiger partial charge >= 0.3 is 0 Å². The van der Waals surface area contributed by atoms with Crippen LogP contribution in [0.3, 0.4) is 0 Å². The number of benzene rings is 2. The Balaban J connectivity index is 1.81. The molecule has 0 aliphatic carbocycles. The molecular weight excluding hydrogens is 298 g/mol. The van der Waals surface area contributed by atoms with Crippen LogP contribution in [0.5, 0.6) is 11.5 Å². The highest BCUT2D eigenvalue weighted by atomic mass is 32.2. The van der Waals surface area contributed by atoms with Gasteiger partial charge in [0, 0.05) is 0 Å². The molecule has 1 fully saturated rings. The molecule has 0 atom stereocenters. The van der Waals surface area contributed by atoms with Crippen molar-refractivity contribution in [1.82, 2.24) is 5.32 Å². The van der Waals surface area contributed by atoms with Gasteiger partial charge in [-0.2, -0.15) is 0 Å². The second-order valence-electron chi connectivity index (χ2n) is 4.84. The SMILES string of the molecule is Cc1ccc(Oc2cccc(/C=C3/SC(=O)NC3=O)c2)cc1. The zero-order valence-electron chi connectivity index (χ0n) is 11.8. The van der Waals surface area contributed by atoms with Crippen molar-refractivity contribution in [3.8, 4) is 11.5 Å². The van der Waals surface area contributed by atoms with Crippen LogP contribution >= 0.6 is 11.8 Å². The Kier molecular flexibility index (Phi) is 3.98. The Morgan fingerprint density at radius 1 is 1.05 bits per heavy atom. The first kappa shape index (κ1) is 14.4. The van der Waals surface area contributed by atoms with Crippen LogP contribution in [0.4, 0.5) is 4.79 Å². The molecule has 2 aromatic carbocycles. The molecule has 1 saturated heterocycles. The maximum Gasteiger partial charge on any atom is 0.290 e. The molecule has 0 spiro atoms. The standard InChI is InChI=1S/C17H13NO3S/c1-11-5-7-13(8-6-11)21-14-4-2-3-12(9-14)10-15-16(19)18-17(20)22-15/h2-10H,1H3,(H,18,19,20)/b15-10+. The van der Waals surface area contributed by atoms with Gasteiger partial charge in [-0.25, -0.2) is 0 Å². The van der Waals surface area contributed by atoms with E-state index in [1.165, 1.54) is 5.56 Å². The van der Waals surface area contributed by atoms with E-state index in [2.05, 4.69) is 5.32 Å². The zero-order chi connectivity index (χ0) is 15.5. The first-order chi connectivity index (χ1) is 10.6. The molecule has 2 amide bonds. The Morgan fingerprint density at radius 3 is 2.50 bits per heavy atom. The van der Waals surface area contributed by atoms with Crippen molar-refractivity contribution in [3.63, 3.8) is 0 Å². The highest BCUT2D eigenvalue weighted by Gasteiger charge is 2.24. The minimum absolute atomic E-state index is 0.344. The first-order valence-electron chi connectivity index (χ1n) is 6.69. The predicted molar refractivity (Wildman–Crippen MR) is 86.8 cm³/mol. The third-order valence-corrected chi connectivity index (χ3v) is 3.87. The number of amides is 2. The summed E-state index contributed by atoms with van der Waals surface area (Å²) in [5.41, 5.74) is 1.97. The van der Waals surface area contributed by atoms with Crippen molar-refractivity contribution in [2.24, 2.45) is 0 Å². The monoisotopic (exact) mass is 311 g/mol. The number of rotatable bonds is 3. The van der Waals surface area contributed by atoms with Gasteiger partial charge < -0.3 is 4.74 Å². The van der Waals surface area contributed by atoms with Gasteiger partial charge in [0.15, 0.2) is 0 Å². The van der Waals surface area contributed by atoms with E-state index in [0.717, 1.165) is 23.1 Å². The maximum absolute atomic E-state index is 11.5. The summed E-state index contributed by atoms with van der Waals surface area (Å²) in [7, 11) is 0. The number of ether oxygens (including phenoxy) is 1. The van der Waals surface area contributed by atoms with Crippen LogP contribution in [0.25, 0.3) is 6.08 Å². The minimum Gasteiger partial charge on any atom is -0.457 e. The molecule has 5 heteroatoms. The molecule has 3 rings (SSSR count). The summed E-state index contributed by atoms with van der Waals surface area (Å²) in [5, 5.41) is 1.89. The first-order valence-corrected chi connectivity index (χ1v) is 7.51. The number of carbonyl (C=O) groups is 2. The number of nitrogens with one attached hydrogen (secondary N) is 1. The number of thioether (sulfide) groups is 1. The molecule has 1 N–H and O–H groups in total. The van der Waals surface area contributed by atoms with E-state index < -0.39 is 0 Å². The number of aryl methyl sites for hydroxylation is 1. The summed E-state index contributed by atoms with van der Waals surface area (Å²) in [6.07, 6.45) is 1.67. The van der Waals surface area contributed by atoms with Crippen LogP contribution in [-0.2, 0) is 4.79 Å². The van der Waals surface area contributed by atoms with Crippen molar-refractivity contribution in [2.75, 3.05) is 0 Å². The molecule has 4 nitrogen and oxygen atoms in total. The van der Waals surface area contributed by atoms with Gasteiger partial charge in [0.2, 0.25) is 0 Å². The molecule has 0 bridgehead atoms. The van der Waals surface area contributed by atoms with Gasteiger partial charge in [0.05, 0.1) is 4.91 Å². The normalized spacial score (nSPS) is 16.0. The second kappa shape index (κ2) is 6.07. The van der Waals surface area contributed by atoms with E-state index in [4.69, 9.17) is 4.74 Å². The van der Waals surface area contributed by atoms with Crippen molar-refractivity contribution in [1.29, 1.82) is 0 Å². The fraction of sp³-hybridized carbons (Fsp3) is 0.0588. The summed E-state index contributed by atoms with van der Waals surface area (Å²) < 4.78 is 5.78. The van der Waals surface area contributed by atoms with Crippen molar-refractivity contribution >= 4 is 29.0 Å². The maximum atomic E-state index is 11.5. The van der Waals surface area contributed by atoms with E-state index in [1.54, 1.807) is 6.08 Å². The van der Waals surface area contributed by atoms with Crippen LogP contribution < -0.4 is 10.1 Å². The largest absolute Gasteiger partial charge is 0.457 e. The van der Waals surface area contributed by atoms with Gasteiger partial charge in [-0.3, -0.25) is 14.9 Å². The summed E-state index contributed by atoms with van der Waals surface area (Å²) in [6, 6.07) is 15.1. The van der Waals surface area contributed by atoms with Gasteiger partial charge in [-0.1, -0.05) is 29.8 Å². The lowest BCUT2D eigenvalue weighted by atomic mass is 10.2. The average molecular weight is 311 g/mol. The highest BCUT2D eigenvalue weighted by molar-refractivity contribution is 8.18. The van der Waals surface area contributed by atoms with Crippen LogP contribution in [0.1, 0.15) is 11.1 Å². The lowest BCUT2D eigenvalue weighted by molar-refractivity contribution is -0.115. The molecule has 0 aromatic heterocycles. The number of carbonyl (C=O) groups excluding carboxylic acids is 2. The van der Waals surface area contributed by atoms with Crippen molar-refractivity contribution in [2.45, 2.75) is 6.92 Å². The molecule has 2 aromatic rings. The smallest absolute Gasteiger partial charge is 0.290 e. The van der Waals surface area contributed by atoms with E-state index in [-0.39, 0.29) is 11.1 Å². The van der Waals surface area contributed by atoms with E-state index in [9.17, 15) is 9.59 Å². The van der Waals surface area contributed by atoms with E-state index in [0.29, 0.717) is 10.7 Å². The summed E-state index contributed by atoms with van der Waals surface area (Å²) >= 11 is 0.901.